The number of carboxylic acids is 1. The Kier molecular flexibility index (Phi) is 17.7. The minimum Gasteiger partial charge on any atom is -0.491 e. The topological polar surface area (TPSA) is 138 Å². The molecule has 0 spiro atoms. The van der Waals surface area contributed by atoms with E-state index in [-0.39, 0.29) is 12.3 Å². The second kappa shape index (κ2) is 21.8. The molecule has 1 aliphatic rings. The molecule has 1 atom stereocenters. The third kappa shape index (κ3) is 14.8. The second-order valence-corrected chi connectivity index (χ2v) is 11.0. The zero-order chi connectivity index (χ0) is 31.2. The minimum atomic E-state index is -0.805. The van der Waals surface area contributed by atoms with E-state index >= 15 is 0 Å². The monoisotopic (exact) mass is 616 g/mol. The van der Waals surface area contributed by atoms with E-state index in [1.54, 1.807) is 0 Å². The first-order valence-corrected chi connectivity index (χ1v) is 15.9. The van der Waals surface area contributed by atoms with Crippen molar-refractivity contribution in [2.75, 3.05) is 98.0 Å². The Morgan fingerprint density at radius 3 is 2.39 bits per heavy atom. The molecule has 0 bridgehead atoms. The van der Waals surface area contributed by atoms with E-state index in [9.17, 15) is 9.90 Å². The zero-order valence-electron chi connectivity index (χ0n) is 26.3. The van der Waals surface area contributed by atoms with Crippen LogP contribution in [0.1, 0.15) is 48.4 Å². The molecule has 1 aliphatic heterocycles. The summed E-state index contributed by atoms with van der Waals surface area (Å²) in [5.41, 5.74) is 8.76. The molecule has 2 aromatic rings. The molecule has 0 saturated heterocycles. The van der Waals surface area contributed by atoms with Crippen LogP contribution in [0.15, 0.2) is 36.4 Å². The molecular weight excluding hydrogens is 564 g/mol. The number of aryl methyl sites for hydroxylation is 2. The number of likely N-dealkylation sites (N-methyl/N-ethyl adjacent to an activating group) is 1. The van der Waals surface area contributed by atoms with Gasteiger partial charge in [-0.15, -0.1) is 0 Å². The third-order valence-electron chi connectivity index (χ3n) is 7.33. The number of fused-ring (bicyclic) bond motifs is 1. The molecular formula is C33H52N4O7. The van der Waals surface area contributed by atoms with Crippen LogP contribution in [0.5, 0.6) is 5.75 Å². The van der Waals surface area contributed by atoms with E-state index in [1.165, 1.54) is 5.56 Å². The van der Waals surface area contributed by atoms with Gasteiger partial charge in [-0.05, 0) is 75.0 Å². The smallest absolute Gasteiger partial charge is 0.304 e. The molecule has 44 heavy (non-hydrogen) atoms. The van der Waals surface area contributed by atoms with E-state index in [1.807, 2.05) is 24.3 Å². The van der Waals surface area contributed by atoms with Gasteiger partial charge < -0.3 is 44.7 Å². The Bertz CT molecular complexity index is 1070. The van der Waals surface area contributed by atoms with Crippen molar-refractivity contribution in [3.05, 3.63) is 53.2 Å². The number of pyridine rings is 1. The van der Waals surface area contributed by atoms with Crippen LogP contribution < -0.4 is 15.8 Å². The summed E-state index contributed by atoms with van der Waals surface area (Å²) in [4.78, 5) is 18.7. The van der Waals surface area contributed by atoms with Gasteiger partial charge in [0.2, 0.25) is 0 Å². The van der Waals surface area contributed by atoms with Crippen LogP contribution in [0.3, 0.4) is 0 Å². The van der Waals surface area contributed by atoms with Crippen LogP contribution in [-0.4, -0.2) is 114 Å². The average molecular weight is 617 g/mol. The highest BCUT2D eigenvalue weighted by Gasteiger charge is 2.18. The fourth-order valence-corrected chi connectivity index (χ4v) is 5.08. The molecule has 0 amide bonds. The van der Waals surface area contributed by atoms with E-state index in [0.29, 0.717) is 78.3 Å². The summed E-state index contributed by atoms with van der Waals surface area (Å²) < 4.78 is 27.6. The van der Waals surface area contributed by atoms with Crippen LogP contribution in [0.2, 0.25) is 0 Å². The lowest BCUT2D eigenvalue weighted by Crippen LogP contribution is -2.27. The number of carboxylic acid groups (broad SMARTS) is 1. The molecule has 0 fully saturated rings. The van der Waals surface area contributed by atoms with Gasteiger partial charge in [0.1, 0.15) is 18.2 Å². The number of nitrogens with zero attached hydrogens (tertiary/aromatic N) is 2. The average Bonchev–Trinajstić information content (AvgIpc) is 3.03. The minimum absolute atomic E-state index is 0.0655. The Labute approximate surface area is 262 Å². The number of rotatable bonds is 25. The molecule has 246 valence electrons. The van der Waals surface area contributed by atoms with Crippen molar-refractivity contribution in [2.24, 2.45) is 5.73 Å². The number of nitrogens with one attached hydrogen (secondary N) is 1. The van der Waals surface area contributed by atoms with Gasteiger partial charge in [-0.2, -0.15) is 0 Å². The van der Waals surface area contributed by atoms with Crippen molar-refractivity contribution in [2.45, 2.75) is 44.4 Å². The summed E-state index contributed by atoms with van der Waals surface area (Å²) in [6.45, 7) is 7.46. The third-order valence-corrected chi connectivity index (χ3v) is 7.33. The van der Waals surface area contributed by atoms with Crippen molar-refractivity contribution in [3.8, 4) is 5.75 Å². The second-order valence-electron chi connectivity index (χ2n) is 11.0. The van der Waals surface area contributed by atoms with E-state index in [4.69, 9.17) is 34.4 Å². The number of benzene rings is 1. The van der Waals surface area contributed by atoms with Crippen molar-refractivity contribution < 1.29 is 33.6 Å². The normalized spacial score (nSPS) is 13.4. The fourth-order valence-electron chi connectivity index (χ4n) is 5.08. The number of nitrogens with two attached hydrogens (primary N) is 1. The lowest BCUT2D eigenvalue weighted by molar-refractivity contribution is -0.137. The number of anilines is 1. The summed E-state index contributed by atoms with van der Waals surface area (Å²) >= 11 is 0. The van der Waals surface area contributed by atoms with E-state index in [0.717, 1.165) is 62.3 Å². The Morgan fingerprint density at radius 2 is 1.68 bits per heavy atom. The molecule has 4 N–H and O–H groups in total. The number of ether oxygens (including phenoxy) is 5. The molecule has 3 rings (SSSR count). The summed E-state index contributed by atoms with van der Waals surface area (Å²) in [6, 6.07) is 12.1. The van der Waals surface area contributed by atoms with Gasteiger partial charge in [-0.1, -0.05) is 18.2 Å². The number of hydrogen-bond donors (Lipinski definition) is 3. The highest BCUT2D eigenvalue weighted by molar-refractivity contribution is 5.68. The number of hydrogen-bond acceptors (Lipinski definition) is 10. The highest BCUT2D eigenvalue weighted by atomic mass is 16.6. The van der Waals surface area contributed by atoms with Crippen LogP contribution in [-0.2, 0) is 36.6 Å². The summed E-state index contributed by atoms with van der Waals surface area (Å²) in [5, 5.41) is 13.0. The van der Waals surface area contributed by atoms with E-state index in [2.05, 4.69) is 29.4 Å². The number of unbranched alkanes of at least 4 members (excludes halogenated alkanes) is 1. The molecule has 11 nitrogen and oxygen atoms in total. The molecule has 2 heterocycles. The molecule has 0 aliphatic carbocycles. The first-order valence-electron chi connectivity index (χ1n) is 15.9. The first kappa shape index (κ1) is 35.7. The summed E-state index contributed by atoms with van der Waals surface area (Å²) in [7, 11) is 2.06. The fraction of sp³-hybridized carbons (Fsp3) is 0.636. The maximum atomic E-state index is 11.7. The molecule has 0 saturated carbocycles. The Hall–Kier alpha value is -2.80. The first-order chi connectivity index (χ1) is 21.5. The SMILES string of the molecule is CN(CCCCc1ccc2c(n1)NCCC2)CC(CC(=O)O)c1cccc(OCCOCCOCCOCCOCCN)c1. The Morgan fingerprint density at radius 1 is 0.977 bits per heavy atom. The molecule has 1 unspecified atom stereocenters. The van der Waals surface area contributed by atoms with Crippen LogP contribution in [0.4, 0.5) is 5.82 Å². The lowest BCUT2D eigenvalue weighted by atomic mass is 9.95. The number of aliphatic carboxylic acids is 1. The van der Waals surface area contributed by atoms with Gasteiger partial charge in [-0.3, -0.25) is 4.79 Å². The van der Waals surface area contributed by atoms with Gasteiger partial charge in [0, 0.05) is 31.2 Å². The van der Waals surface area contributed by atoms with Crippen molar-refractivity contribution >= 4 is 11.8 Å². The molecule has 0 radical (unpaired) electrons. The van der Waals surface area contributed by atoms with Crippen LogP contribution in [0, 0.1) is 0 Å². The van der Waals surface area contributed by atoms with E-state index < -0.39 is 5.97 Å². The number of aromatic nitrogens is 1. The van der Waals surface area contributed by atoms with Crippen molar-refractivity contribution in [1.82, 2.24) is 9.88 Å². The molecule has 1 aromatic heterocycles. The maximum absolute atomic E-state index is 11.7. The van der Waals surface area contributed by atoms with Gasteiger partial charge >= 0.3 is 5.97 Å². The van der Waals surface area contributed by atoms with Crippen LogP contribution in [0.25, 0.3) is 0 Å². The van der Waals surface area contributed by atoms with Crippen molar-refractivity contribution in [3.63, 3.8) is 0 Å². The standard InChI is InChI=1S/C33H52N4O7/c1-37(14-3-2-8-30-11-10-27-7-5-13-35-33(27)36-30)26-29(25-32(38)39)28-6-4-9-31(24-28)44-23-22-43-21-20-42-19-18-41-17-16-40-15-12-34/h4,6,9-11,24,29H,2-3,5,7-8,12-23,25-26,34H2,1H3,(H,35,36)(H,38,39). The summed E-state index contributed by atoms with van der Waals surface area (Å²) in [6.07, 6.45) is 5.34. The molecule has 1 aromatic carbocycles. The van der Waals surface area contributed by atoms with Gasteiger partial charge in [-0.25, -0.2) is 4.98 Å². The van der Waals surface area contributed by atoms with Gasteiger partial charge in [0.05, 0.1) is 59.3 Å². The van der Waals surface area contributed by atoms with Crippen LogP contribution >= 0.6 is 0 Å². The van der Waals surface area contributed by atoms with Crippen molar-refractivity contribution in [1.29, 1.82) is 0 Å². The summed E-state index contributed by atoms with van der Waals surface area (Å²) in [5.74, 6) is 0.816. The lowest BCUT2D eigenvalue weighted by Gasteiger charge is -2.24. The molecule has 11 heteroatoms. The predicted octanol–water partition coefficient (Wildman–Crippen LogP) is 3.36. The quantitative estimate of drug-likeness (QED) is 0.142. The highest BCUT2D eigenvalue weighted by Crippen LogP contribution is 2.25. The maximum Gasteiger partial charge on any atom is 0.304 e. The zero-order valence-corrected chi connectivity index (χ0v) is 26.3. The Balaban J connectivity index is 1.30. The van der Waals surface area contributed by atoms with Gasteiger partial charge in [0.15, 0.2) is 0 Å². The van der Waals surface area contributed by atoms with Gasteiger partial charge in [0.25, 0.3) is 0 Å². The predicted molar refractivity (Wildman–Crippen MR) is 171 cm³/mol. The number of carbonyl (C=O) groups is 1. The largest absolute Gasteiger partial charge is 0.491 e.